The zero-order valence-corrected chi connectivity index (χ0v) is 8.43. The minimum absolute atomic E-state index is 0.0571. The average Bonchev–Trinajstić information content (AvgIpc) is 2.75. The Hall–Kier alpha value is -0.900. The molecule has 70 valence electrons. The van der Waals surface area contributed by atoms with Crippen molar-refractivity contribution in [3.05, 3.63) is 11.1 Å². The van der Waals surface area contributed by atoms with Gasteiger partial charge >= 0.3 is 0 Å². The van der Waals surface area contributed by atoms with Crippen LogP contribution in [0, 0.1) is 0 Å². The molecule has 4 heteroatoms. The van der Waals surface area contributed by atoms with Crippen molar-refractivity contribution >= 4 is 22.3 Å². The van der Waals surface area contributed by atoms with Crippen molar-refractivity contribution in [3.8, 4) is 0 Å². The van der Waals surface area contributed by atoms with E-state index >= 15 is 0 Å². The van der Waals surface area contributed by atoms with Crippen molar-refractivity contribution < 1.29 is 4.79 Å². The van der Waals surface area contributed by atoms with E-state index in [9.17, 15) is 4.79 Å². The van der Waals surface area contributed by atoms with Gasteiger partial charge in [-0.15, -0.1) is 11.3 Å². The van der Waals surface area contributed by atoms with Crippen LogP contribution in [-0.2, 0) is 0 Å². The first-order valence-electron chi connectivity index (χ1n) is 4.49. The molecule has 0 saturated carbocycles. The van der Waals surface area contributed by atoms with Crippen LogP contribution in [-0.4, -0.2) is 23.9 Å². The second-order valence-corrected chi connectivity index (χ2v) is 4.10. The van der Waals surface area contributed by atoms with Crippen molar-refractivity contribution in [3.63, 3.8) is 0 Å². The second kappa shape index (κ2) is 3.46. The summed E-state index contributed by atoms with van der Waals surface area (Å²) in [5.41, 5.74) is 0.604. The van der Waals surface area contributed by atoms with Crippen molar-refractivity contribution in [1.82, 2.24) is 4.98 Å². The van der Waals surface area contributed by atoms with E-state index in [2.05, 4.69) is 9.88 Å². The Balaban J connectivity index is 2.16. The first kappa shape index (κ1) is 8.69. The van der Waals surface area contributed by atoms with E-state index in [1.54, 1.807) is 18.3 Å². The molecule has 0 unspecified atom stereocenters. The molecule has 0 aliphatic carbocycles. The SMILES string of the molecule is CC(=O)c1csc(N2CCCC2)n1. The van der Waals surface area contributed by atoms with Gasteiger partial charge in [-0.25, -0.2) is 4.98 Å². The van der Waals surface area contributed by atoms with Gasteiger partial charge in [0.25, 0.3) is 0 Å². The monoisotopic (exact) mass is 196 g/mol. The van der Waals surface area contributed by atoms with E-state index in [1.807, 2.05) is 5.38 Å². The topological polar surface area (TPSA) is 33.2 Å². The Bertz CT molecular complexity index is 315. The third-order valence-corrected chi connectivity index (χ3v) is 3.13. The Labute approximate surface area is 81.4 Å². The first-order valence-corrected chi connectivity index (χ1v) is 5.37. The summed E-state index contributed by atoms with van der Waals surface area (Å²) in [5, 5.41) is 2.85. The lowest BCUT2D eigenvalue weighted by atomic mass is 10.4. The highest BCUT2D eigenvalue weighted by molar-refractivity contribution is 7.13. The normalized spacial score (nSPS) is 16.5. The van der Waals surface area contributed by atoms with Gasteiger partial charge in [0.1, 0.15) is 5.69 Å². The first-order chi connectivity index (χ1) is 6.27. The van der Waals surface area contributed by atoms with Gasteiger partial charge in [-0.3, -0.25) is 4.79 Å². The average molecular weight is 196 g/mol. The van der Waals surface area contributed by atoms with Crippen LogP contribution in [0.2, 0.25) is 0 Å². The number of carbonyl (C=O) groups excluding carboxylic acids is 1. The predicted molar refractivity (Wildman–Crippen MR) is 53.6 cm³/mol. The Morgan fingerprint density at radius 2 is 2.23 bits per heavy atom. The number of hydrogen-bond donors (Lipinski definition) is 0. The largest absolute Gasteiger partial charge is 0.348 e. The number of aromatic nitrogens is 1. The molecule has 2 heterocycles. The predicted octanol–water partition coefficient (Wildman–Crippen LogP) is 1.95. The lowest BCUT2D eigenvalue weighted by Crippen LogP contribution is -2.17. The standard InChI is InChI=1S/C9H12N2OS/c1-7(12)8-6-13-9(10-8)11-4-2-3-5-11/h6H,2-5H2,1H3. The number of anilines is 1. The summed E-state index contributed by atoms with van der Waals surface area (Å²) < 4.78 is 0. The Kier molecular flexibility index (Phi) is 2.31. The van der Waals surface area contributed by atoms with Gasteiger partial charge in [-0.1, -0.05) is 0 Å². The number of Topliss-reactive ketones (excluding diaryl/α,β-unsaturated/α-hetero) is 1. The molecular weight excluding hydrogens is 184 g/mol. The molecule has 3 nitrogen and oxygen atoms in total. The molecule has 1 aliphatic heterocycles. The van der Waals surface area contributed by atoms with Gasteiger partial charge in [-0.2, -0.15) is 0 Å². The lowest BCUT2D eigenvalue weighted by molar-refractivity contribution is 0.101. The number of ketones is 1. The summed E-state index contributed by atoms with van der Waals surface area (Å²) in [4.78, 5) is 17.5. The van der Waals surface area contributed by atoms with Crippen molar-refractivity contribution in [2.75, 3.05) is 18.0 Å². The van der Waals surface area contributed by atoms with Crippen LogP contribution < -0.4 is 4.90 Å². The smallest absolute Gasteiger partial charge is 0.185 e. The number of rotatable bonds is 2. The van der Waals surface area contributed by atoms with Crippen LogP contribution in [0.4, 0.5) is 5.13 Å². The minimum Gasteiger partial charge on any atom is -0.348 e. The Morgan fingerprint density at radius 3 is 2.77 bits per heavy atom. The van der Waals surface area contributed by atoms with Gasteiger partial charge in [0.2, 0.25) is 0 Å². The fourth-order valence-corrected chi connectivity index (χ4v) is 2.40. The van der Waals surface area contributed by atoms with E-state index < -0.39 is 0 Å². The molecule has 0 bridgehead atoms. The summed E-state index contributed by atoms with van der Waals surface area (Å²) >= 11 is 1.57. The fraction of sp³-hybridized carbons (Fsp3) is 0.556. The van der Waals surface area contributed by atoms with Crippen LogP contribution in [0.3, 0.4) is 0 Å². The molecule has 1 fully saturated rings. The second-order valence-electron chi connectivity index (χ2n) is 3.27. The molecule has 1 saturated heterocycles. The summed E-state index contributed by atoms with van der Waals surface area (Å²) in [6, 6.07) is 0. The third kappa shape index (κ3) is 1.72. The molecule has 0 radical (unpaired) electrons. The molecular formula is C9H12N2OS. The minimum atomic E-state index is 0.0571. The maximum atomic E-state index is 11.0. The molecule has 0 N–H and O–H groups in total. The highest BCUT2D eigenvalue weighted by atomic mass is 32.1. The Morgan fingerprint density at radius 1 is 1.54 bits per heavy atom. The molecule has 0 spiro atoms. The van der Waals surface area contributed by atoms with Gasteiger partial charge in [-0.05, 0) is 12.8 Å². The molecule has 0 aromatic carbocycles. The van der Waals surface area contributed by atoms with E-state index in [0.29, 0.717) is 5.69 Å². The molecule has 1 aromatic heterocycles. The summed E-state index contributed by atoms with van der Waals surface area (Å²) in [5.74, 6) is 0.0571. The van der Waals surface area contributed by atoms with E-state index in [4.69, 9.17) is 0 Å². The number of nitrogens with zero attached hydrogens (tertiary/aromatic N) is 2. The molecule has 0 atom stereocenters. The zero-order valence-electron chi connectivity index (χ0n) is 7.62. The van der Waals surface area contributed by atoms with Crippen LogP contribution >= 0.6 is 11.3 Å². The van der Waals surface area contributed by atoms with Crippen LogP contribution in [0.15, 0.2) is 5.38 Å². The summed E-state index contributed by atoms with van der Waals surface area (Å²) in [7, 11) is 0. The molecule has 2 rings (SSSR count). The van der Waals surface area contributed by atoms with Crippen LogP contribution in [0.1, 0.15) is 30.3 Å². The van der Waals surface area contributed by atoms with E-state index in [-0.39, 0.29) is 5.78 Å². The van der Waals surface area contributed by atoms with Crippen LogP contribution in [0.25, 0.3) is 0 Å². The fourth-order valence-electron chi connectivity index (χ4n) is 1.48. The molecule has 1 aromatic rings. The number of carbonyl (C=O) groups is 1. The lowest BCUT2D eigenvalue weighted by Gasteiger charge is -2.11. The maximum Gasteiger partial charge on any atom is 0.185 e. The van der Waals surface area contributed by atoms with Crippen molar-refractivity contribution in [2.45, 2.75) is 19.8 Å². The molecule has 13 heavy (non-hydrogen) atoms. The number of thiazole rings is 1. The summed E-state index contributed by atoms with van der Waals surface area (Å²) in [6.07, 6.45) is 2.49. The van der Waals surface area contributed by atoms with Gasteiger partial charge < -0.3 is 4.90 Å². The van der Waals surface area contributed by atoms with E-state index in [0.717, 1.165) is 18.2 Å². The van der Waals surface area contributed by atoms with Gasteiger partial charge in [0.15, 0.2) is 10.9 Å². The van der Waals surface area contributed by atoms with Crippen LogP contribution in [0.5, 0.6) is 0 Å². The van der Waals surface area contributed by atoms with Gasteiger partial charge in [0.05, 0.1) is 0 Å². The molecule has 1 aliphatic rings. The van der Waals surface area contributed by atoms with Gasteiger partial charge in [0, 0.05) is 25.4 Å². The van der Waals surface area contributed by atoms with Crippen molar-refractivity contribution in [1.29, 1.82) is 0 Å². The highest BCUT2D eigenvalue weighted by Gasteiger charge is 2.16. The quantitative estimate of drug-likeness (QED) is 0.678. The maximum absolute atomic E-state index is 11.0. The zero-order chi connectivity index (χ0) is 9.26. The van der Waals surface area contributed by atoms with E-state index in [1.165, 1.54) is 12.8 Å². The number of hydrogen-bond acceptors (Lipinski definition) is 4. The summed E-state index contributed by atoms with van der Waals surface area (Å²) in [6.45, 7) is 3.73. The third-order valence-electron chi connectivity index (χ3n) is 2.23. The highest BCUT2D eigenvalue weighted by Crippen LogP contribution is 2.24. The van der Waals surface area contributed by atoms with Crippen molar-refractivity contribution in [2.24, 2.45) is 0 Å². The molecule has 0 amide bonds.